The maximum atomic E-state index is 10.8. The molecule has 8 heteroatoms. The standard InChI is InChI=1S/C10H14O4.2C3H6.2C2H6O2/c1-7(2)9(11)13-5-6-14-10(12)8(3)4;2*1-3-2;2*3-1-2-4/h1,3,5-6H2,2,4H3;2*3H,1H2,2H3;2*3-4H,1-2H2. The molecule has 0 aliphatic carbocycles. The zero-order valence-corrected chi connectivity index (χ0v) is 17.6. The number of hydrogen-bond donors (Lipinski definition) is 4. The van der Waals surface area contributed by atoms with Gasteiger partial charge in [-0.15, -0.1) is 13.2 Å². The second-order valence-corrected chi connectivity index (χ2v) is 4.54. The molecule has 0 aliphatic rings. The summed E-state index contributed by atoms with van der Waals surface area (Å²) in [6.07, 6.45) is 3.50. The number of esters is 2. The minimum Gasteiger partial charge on any atom is -0.459 e. The van der Waals surface area contributed by atoms with Crippen molar-refractivity contribution in [3.63, 3.8) is 0 Å². The van der Waals surface area contributed by atoms with Crippen molar-refractivity contribution in [2.45, 2.75) is 27.7 Å². The number of hydrogen-bond acceptors (Lipinski definition) is 8. The first-order valence-corrected chi connectivity index (χ1v) is 8.34. The van der Waals surface area contributed by atoms with E-state index in [0.29, 0.717) is 11.1 Å². The average Bonchev–Trinajstić information content (AvgIpc) is 2.66. The Bertz CT molecular complexity index is 361. The molecule has 0 fully saturated rings. The van der Waals surface area contributed by atoms with Crippen LogP contribution in [0.15, 0.2) is 49.6 Å². The Morgan fingerprint density at radius 3 is 1.00 bits per heavy atom. The Balaban J connectivity index is -0.000000103. The monoisotopic (exact) mass is 406 g/mol. The Morgan fingerprint density at radius 1 is 0.714 bits per heavy atom. The topological polar surface area (TPSA) is 134 Å². The third kappa shape index (κ3) is 56.5. The predicted molar refractivity (Wildman–Crippen MR) is 112 cm³/mol. The third-order valence-corrected chi connectivity index (χ3v) is 1.45. The van der Waals surface area contributed by atoms with Crippen LogP contribution in [0.25, 0.3) is 0 Å². The van der Waals surface area contributed by atoms with E-state index in [-0.39, 0.29) is 39.6 Å². The Kier molecular flexibility index (Phi) is 46.8. The summed E-state index contributed by atoms with van der Waals surface area (Å²) in [6.45, 7) is 20.0. The maximum absolute atomic E-state index is 10.8. The summed E-state index contributed by atoms with van der Waals surface area (Å²) in [5, 5.41) is 30.5. The first-order chi connectivity index (χ1) is 13.1. The van der Waals surface area contributed by atoms with Gasteiger partial charge in [0.15, 0.2) is 0 Å². The Morgan fingerprint density at radius 2 is 0.893 bits per heavy atom. The maximum Gasteiger partial charge on any atom is 0.333 e. The third-order valence-electron chi connectivity index (χ3n) is 1.45. The van der Waals surface area contributed by atoms with Gasteiger partial charge in [-0.25, -0.2) is 9.59 Å². The van der Waals surface area contributed by atoms with Crippen LogP contribution in [0.5, 0.6) is 0 Å². The van der Waals surface area contributed by atoms with Gasteiger partial charge in [0.2, 0.25) is 0 Å². The zero-order chi connectivity index (χ0) is 23.4. The summed E-state index contributed by atoms with van der Waals surface area (Å²) in [5.41, 5.74) is 0.632. The van der Waals surface area contributed by atoms with E-state index in [0.717, 1.165) is 0 Å². The van der Waals surface area contributed by atoms with Crippen LogP contribution >= 0.6 is 0 Å². The van der Waals surface area contributed by atoms with Crippen molar-refractivity contribution in [1.82, 2.24) is 0 Å². The molecule has 0 atom stereocenters. The molecular formula is C20H38O8. The molecule has 0 radical (unpaired) electrons. The van der Waals surface area contributed by atoms with Crippen molar-refractivity contribution in [3.05, 3.63) is 49.6 Å². The number of carbonyl (C=O) groups excluding carboxylic acids is 2. The second kappa shape index (κ2) is 35.8. The molecule has 0 unspecified atom stereocenters. The lowest BCUT2D eigenvalue weighted by molar-refractivity contribution is -0.147. The Labute approximate surface area is 169 Å². The van der Waals surface area contributed by atoms with Crippen LogP contribution in [-0.4, -0.2) is 72.0 Å². The van der Waals surface area contributed by atoms with Gasteiger partial charge in [0.25, 0.3) is 0 Å². The molecular weight excluding hydrogens is 368 g/mol. The quantitative estimate of drug-likeness (QED) is 0.217. The Hall–Kier alpha value is -2.26. The number of carbonyl (C=O) groups is 2. The van der Waals surface area contributed by atoms with Crippen molar-refractivity contribution in [2.75, 3.05) is 39.6 Å². The van der Waals surface area contributed by atoms with Gasteiger partial charge in [-0.3, -0.25) is 0 Å². The predicted octanol–water partition coefficient (Wildman–Crippen LogP) is 1.55. The molecule has 4 N–H and O–H groups in total. The van der Waals surface area contributed by atoms with Gasteiger partial charge in [-0.1, -0.05) is 25.3 Å². The minimum atomic E-state index is -0.489. The molecule has 0 rings (SSSR count). The molecule has 0 aromatic heterocycles. The van der Waals surface area contributed by atoms with Crippen molar-refractivity contribution < 1.29 is 39.5 Å². The van der Waals surface area contributed by atoms with Gasteiger partial charge < -0.3 is 29.9 Å². The van der Waals surface area contributed by atoms with Crippen LogP contribution < -0.4 is 0 Å². The van der Waals surface area contributed by atoms with Gasteiger partial charge in [0.1, 0.15) is 13.2 Å². The first-order valence-electron chi connectivity index (χ1n) is 8.34. The van der Waals surface area contributed by atoms with Gasteiger partial charge in [0.05, 0.1) is 26.4 Å². The molecule has 0 aliphatic heterocycles. The summed E-state index contributed by atoms with van der Waals surface area (Å²) in [4.78, 5) is 21.7. The molecule has 0 heterocycles. The highest BCUT2D eigenvalue weighted by Gasteiger charge is 2.05. The molecule has 0 aromatic carbocycles. The number of aliphatic hydroxyl groups is 4. The van der Waals surface area contributed by atoms with E-state index < -0.39 is 11.9 Å². The van der Waals surface area contributed by atoms with Crippen molar-refractivity contribution >= 4 is 11.9 Å². The summed E-state index contributed by atoms with van der Waals surface area (Å²) < 4.78 is 9.38. The fourth-order valence-electron chi connectivity index (χ4n) is 0.515. The fraction of sp³-hybridized carbons (Fsp3) is 0.500. The second-order valence-electron chi connectivity index (χ2n) is 4.54. The summed E-state index contributed by atoms with van der Waals surface area (Å²) in [6, 6.07) is 0. The van der Waals surface area contributed by atoms with Crippen LogP contribution in [0.1, 0.15) is 27.7 Å². The molecule has 0 bridgehead atoms. The molecule has 0 aromatic rings. The van der Waals surface area contributed by atoms with Gasteiger partial charge >= 0.3 is 11.9 Å². The number of aliphatic hydroxyl groups excluding tert-OH is 4. The molecule has 0 saturated heterocycles. The van der Waals surface area contributed by atoms with Gasteiger partial charge in [-0.2, -0.15) is 0 Å². The lowest BCUT2D eigenvalue weighted by atomic mass is 10.4. The van der Waals surface area contributed by atoms with Crippen LogP contribution in [0.2, 0.25) is 0 Å². The molecule has 0 amide bonds. The number of ether oxygens (including phenoxy) is 2. The molecule has 8 nitrogen and oxygen atoms in total. The normalized spacial score (nSPS) is 7.57. The zero-order valence-electron chi connectivity index (χ0n) is 17.6. The van der Waals surface area contributed by atoms with E-state index in [1.54, 1.807) is 26.0 Å². The minimum absolute atomic E-state index is 0.0325. The lowest BCUT2D eigenvalue weighted by Crippen LogP contribution is -2.14. The first kappa shape index (κ1) is 36.6. The van der Waals surface area contributed by atoms with Crippen molar-refractivity contribution in [1.29, 1.82) is 0 Å². The smallest absolute Gasteiger partial charge is 0.333 e. The molecule has 0 spiro atoms. The number of allylic oxidation sites excluding steroid dienone is 2. The molecule has 0 saturated carbocycles. The highest BCUT2D eigenvalue weighted by atomic mass is 16.6. The summed E-state index contributed by atoms with van der Waals surface area (Å²) in [5.74, 6) is -0.979. The summed E-state index contributed by atoms with van der Waals surface area (Å²) >= 11 is 0. The SMILES string of the molecule is C=C(C)C(=O)OCCOC(=O)C(=C)C.C=CC.C=CC.OCCO.OCCO. The number of rotatable bonds is 7. The average molecular weight is 407 g/mol. The fourth-order valence-corrected chi connectivity index (χ4v) is 0.515. The van der Waals surface area contributed by atoms with Gasteiger partial charge in [0, 0.05) is 11.1 Å². The van der Waals surface area contributed by atoms with Crippen molar-refractivity contribution in [3.8, 4) is 0 Å². The summed E-state index contributed by atoms with van der Waals surface area (Å²) in [7, 11) is 0. The van der Waals surface area contributed by atoms with Crippen molar-refractivity contribution in [2.24, 2.45) is 0 Å². The van der Waals surface area contributed by atoms with E-state index in [1.165, 1.54) is 0 Å². The van der Waals surface area contributed by atoms with Crippen LogP contribution in [0.3, 0.4) is 0 Å². The lowest BCUT2D eigenvalue weighted by Gasteiger charge is -2.05. The molecule has 28 heavy (non-hydrogen) atoms. The highest BCUT2D eigenvalue weighted by Crippen LogP contribution is 1.94. The van der Waals surface area contributed by atoms with E-state index in [4.69, 9.17) is 20.4 Å². The van der Waals surface area contributed by atoms with E-state index in [1.807, 2.05) is 13.8 Å². The van der Waals surface area contributed by atoms with E-state index >= 15 is 0 Å². The van der Waals surface area contributed by atoms with Crippen LogP contribution in [-0.2, 0) is 19.1 Å². The van der Waals surface area contributed by atoms with Crippen LogP contribution in [0.4, 0.5) is 0 Å². The van der Waals surface area contributed by atoms with Crippen LogP contribution in [0, 0.1) is 0 Å². The molecule has 166 valence electrons. The highest BCUT2D eigenvalue weighted by molar-refractivity contribution is 5.87. The van der Waals surface area contributed by atoms with Gasteiger partial charge in [-0.05, 0) is 27.7 Å². The van der Waals surface area contributed by atoms with E-state index in [9.17, 15) is 9.59 Å². The van der Waals surface area contributed by atoms with E-state index in [2.05, 4.69) is 35.8 Å². The largest absolute Gasteiger partial charge is 0.459 e.